The zero-order valence-corrected chi connectivity index (χ0v) is 8.57. The van der Waals surface area contributed by atoms with Crippen LogP contribution in [0.5, 0.6) is 0 Å². The van der Waals surface area contributed by atoms with Crippen LogP contribution in [0.4, 0.5) is 0 Å². The Morgan fingerprint density at radius 3 is 3.07 bits per heavy atom. The summed E-state index contributed by atoms with van der Waals surface area (Å²) in [6, 6.07) is 1.49. The Kier molecular flexibility index (Phi) is 4.93. The fourth-order valence-electron chi connectivity index (χ4n) is 1.26. The summed E-state index contributed by atoms with van der Waals surface area (Å²) in [5, 5.41) is 3.25. The number of hydrogen-bond acceptors (Lipinski definition) is 3. The Hall–Kier alpha value is -1.16. The smallest absolute Gasteiger partial charge is 0.253 e. The minimum atomic E-state index is 0.0310. The van der Waals surface area contributed by atoms with Crippen LogP contribution in [0.1, 0.15) is 19.8 Å². The standard InChI is InChI=1S/C10H17N3O/c1-2-11-6-3-4-8-13-9-12-7-5-10(13)14/h5,7,9,11H,2-4,6,8H2,1H3. The minimum Gasteiger partial charge on any atom is -0.317 e. The van der Waals surface area contributed by atoms with Gasteiger partial charge in [0.05, 0.1) is 6.33 Å². The van der Waals surface area contributed by atoms with Crippen molar-refractivity contribution in [2.45, 2.75) is 26.3 Å². The molecule has 0 aliphatic rings. The molecule has 1 aromatic heterocycles. The van der Waals surface area contributed by atoms with Gasteiger partial charge in [0.15, 0.2) is 0 Å². The van der Waals surface area contributed by atoms with Gasteiger partial charge in [0.2, 0.25) is 0 Å². The van der Waals surface area contributed by atoms with Gasteiger partial charge in [-0.25, -0.2) is 4.98 Å². The first-order valence-electron chi connectivity index (χ1n) is 5.05. The number of nitrogens with one attached hydrogen (secondary N) is 1. The maximum Gasteiger partial charge on any atom is 0.253 e. The molecule has 0 radical (unpaired) electrons. The van der Waals surface area contributed by atoms with Gasteiger partial charge in [-0.05, 0) is 25.9 Å². The maximum atomic E-state index is 11.2. The van der Waals surface area contributed by atoms with Crippen molar-refractivity contribution in [1.82, 2.24) is 14.9 Å². The molecular formula is C10H17N3O. The third-order valence-corrected chi connectivity index (χ3v) is 2.04. The van der Waals surface area contributed by atoms with Gasteiger partial charge in [-0.3, -0.25) is 9.36 Å². The summed E-state index contributed by atoms with van der Waals surface area (Å²) < 4.78 is 1.64. The van der Waals surface area contributed by atoms with Crippen LogP contribution in [0.2, 0.25) is 0 Å². The van der Waals surface area contributed by atoms with E-state index in [0.29, 0.717) is 0 Å². The number of unbranched alkanes of at least 4 members (excludes halogenated alkanes) is 1. The predicted molar refractivity (Wildman–Crippen MR) is 56.3 cm³/mol. The van der Waals surface area contributed by atoms with Crippen molar-refractivity contribution in [3.05, 3.63) is 28.9 Å². The van der Waals surface area contributed by atoms with Crippen molar-refractivity contribution < 1.29 is 0 Å². The SMILES string of the molecule is CCNCCCCn1cnccc1=O. The highest BCUT2D eigenvalue weighted by molar-refractivity contribution is 4.81. The van der Waals surface area contributed by atoms with E-state index in [9.17, 15) is 4.79 Å². The average Bonchev–Trinajstić information content (AvgIpc) is 2.20. The highest BCUT2D eigenvalue weighted by atomic mass is 16.1. The van der Waals surface area contributed by atoms with Crippen molar-refractivity contribution in [2.24, 2.45) is 0 Å². The molecule has 0 unspecified atom stereocenters. The molecule has 1 rings (SSSR count). The highest BCUT2D eigenvalue weighted by Crippen LogP contribution is 1.90. The zero-order valence-electron chi connectivity index (χ0n) is 8.57. The van der Waals surface area contributed by atoms with Gasteiger partial charge in [-0.2, -0.15) is 0 Å². The summed E-state index contributed by atoms with van der Waals surface area (Å²) in [6.45, 7) is 4.88. The largest absolute Gasteiger partial charge is 0.317 e. The Morgan fingerprint density at radius 1 is 1.50 bits per heavy atom. The second-order valence-corrected chi connectivity index (χ2v) is 3.17. The van der Waals surface area contributed by atoms with Gasteiger partial charge < -0.3 is 5.32 Å². The number of aryl methyl sites for hydroxylation is 1. The third-order valence-electron chi connectivity index (χ3n) is 2.04. The van der Waals surface area contributed by atoms with E-state index in [1.807, 2.05) is 0 Å². The molecule has 14 heavy (non-hydrogen) atoms. The lowest BCUT2D eigenvalue weighted by Crippen LogP contribution is -2.20. The van der Waals surface area contributed by atoms with Crippen molar-refractivity contribution in [3.63, 3.8) is 0 Å². The fourth-order valence-corrected chi connectivity index (χ4v) is 1.26. The van der Waals surface area contributed by atoms with Crippen LogP contribution in [-0.2, 0) is 6.54 Å². The summed E-state index contributed by atoms with van der Waals surface area (Å²) in [5.41, 5.74) is 0.0310. The molecule has 78 valence electrons. The van der Waals surface area contributed by atoms with E-state index in [1.54, 1.807) is 10.9 Å². The minimum absolute atomic E-state index is 0.0310. The first kappa shape index (κ1) is 10.9. The molecule has 0 saturated heterocycles. The van der Waals surface area contributed by atoms with Gasteiger partial charge in [0.1, 0.15) is 0 Å². The molecular weight excluding hydrogens is 178 g/mol. The molecule has 1 aromatic rings. The van der Waals surface area contributed by atoms with Crippen LogP contribution in [0.25, 0.3) is 0 Å². The topological polar surface area (TPSA) is 46.9 Å². The van der Waals surface area contributed by atoms with Crippen LogP contribution < -0.4 is 10.9 Å². The Bertz CT molecular complexity index is 308. The van der Waals surface area contributed by atoms with Gasteiger partial charge in [-0.1, -0.05) is 6.92 Å². The van der Waals surface area contributed by atoms with E-state index in [1.165, 1.54) is 12.3 Å². The average molecular weight is 195 g/mol. The molecule has 0 fully saturated rings. The molecule has 0 bridgehead atoms. The fraction of sp³-hybridized carbons (Fsp3) is 0.600. The molecule has 0 saturated carbocycles. The third kappa shape index (κ3) is 3.70. The lowest BCUT2D eigenvalue weighted by atomic mass is 10.3. The molecule has 0 spiro atoms. The molecule has 1 heterocycles. The summed E-state index contributed by atoms with van der Waals surface area (Å²) in [5.74, 6) is 0. The molecule has 0 atom stereocenters. The van der Waals surface area contributed by atoms with Gasteiger partial charge >= 0.3 is 0 Å². The van der Waals surface area contributed by atoms with Crippen LogP contribution in [0, 0.1) is 0 Å². The number of nitrogens with zero attached hydrogens (tertiary/aromatic N) is 2. The number of hydrogen-bond donors (Lipinski definition) is 1. The van der Waals surface area contributed by atoms with E-state index in [4.69, 9.17) is 0 Å². The number of aromatic nitrogens is 2. The monoisotopic (exact) mass is 195 g/mol. The first-order chi connectivity index (χ1) is 6.84. The van der Waals surface area contributed by atoms with Gasteiger partial charge in [0.25, 0.3) is 5.56 Å². The lowest BCUT2D eigenvalue weighted by molar-refractivity contribution is 0.561. The molecule has 0 aliphatic carbocycles. The Morgan fingerprint density at radius 2 is 2.36 bits per heavy atom. The first-order valence-corrected chi connectivity index (χ1v) is 5.05. The number of rotatable bonds is 6. The van der Waals surface area contributed by atoms with Crippen molar-refractivity contribution in [3.8, 4) is 0 Å². The summed E-state index contributed by atoms with van der Waals surface area (Å²) in [7, 11) is 0. The van der Waals surface area contributed by atoms with Crippen molar-refractivity contribution in [2.75, 3.05) is 13.1 Å². The van der Waals surface area contributed by atoms with Gasteiger partial charge in [0, 0.05) is 18.8 Å². The normalized spacial score (nSPS) is 10.4. The zero-order chi connectivity index (χ0) is 10.2. The summed E-state index contributed by atoms with van der Waals surface area (Å²) >= 11 is 0. The highest BCUT2D eigenvalue weighted by Gasteiger charge is 1.93. The molecule has 4 nitrogen and oxygen atoms in total. The quantitative estimate of drug-likeness (QED) is 0.677. The molecule has 0 aromatic carbocycles. The molecule has 0 aliphatic heterocycles. The van der Waals surface area contributed by atoms with Crippen LogP contribution in [-0.4, -0.2) is 22.6 Å². The maximum absolute atomic E-state index is 11.2. The molecule has 0 amide bonds. The van der Waals surface area contributed by atoms with E-state index < -0.39 is 0 Å². The van der Waals surface area contributed by atoms with Crippen LogP contribution >= 0.6 is 0 Å². The predicted octanol–water partition coefficient (Wildman–Crippen LogP) is 0.633. The van der Waals surface area contributed by atoms with Crippen LogP contribution in [0.15, 0.2) is 23.4 Å². The van der Waals surface area contributed by atoms with Gasteiger partial charge in [-0.15, -0.1) is 0 Å². The molecule has 1 N–H and O–H groups in total. The molecule has 4 heteroatoms. The van der Waals surface area contributed by atoms with E-state index in [2.05, 4.69) is 17.2 Å². The second-order valence-electron chi connectivity index (χ2n) is 3.17. The summed E-state index contributed by atoms with van der Waals surface area (Å²) in [6.07, 6.45) is 5.22. The Balaban J connectivity index is 2.25. The summed E-state index contributed by atoms with van der Waals surface area (Å²) in [4.78, 5) is 15.2. The van der Waals surface area contributed by atoms with Crippen LogP contribution in [0.3, 0.4) is 0 Å². The Labute approximate surface area is 84.0 Å². The second kappa shape index (κ2) is 6.32. The lowest BCUT2D eigenvalue weighted by Gasteiger charge is -2.04. The van der Waals surface area contributed by atoms with Crippen molar-refractivity contribution in [1.29, 1.82) is 0 Å². The van der Waals surface area contributed by atoms with E-state index >= 15 is 0 Å². The van der Waals surface area contributed by atoms with E-state index in [0.717, 1.165) is 32.5 Å². The van der Waals surface area contributed by atoms with Crippen molar-refractivity contribution >= 4 is 0 Å². The van der Waals surface area contributed by atoms with E-state index in [-0.39, 0.29) is 5.56 Å².